The van der Waals surface area contributed by atoms with Gasteiger partial charge in [-0.1, -0.05) is 23.7 Å². The van der Waals surface area contributed by atoms with Gasteiger partial charge in [-0.2, -0.15) is 5.10 Å². The van der Waals surface area contributed by atoms with Crippen LogP contribution in [0.25, 0.3) is 22.5 Å². The van der Waals surface area contributed by atoms with Gasteiger partial charge in [0.1, 0.15) is 11.3 Å². The van der Waals surface area contributed by atoms with Crippen LogP contribution in [-0.4, -0.2) is 27.8 Å². The summed E-state index contributed by atoms with van der Waals surface area (Å²) in [5, 5.41) is 7.77. The van der Waals surface area contributed by atoms with Crippen LogP contribution < -0.4 is 0 Å². The number of aryl methyl sites for hydroxylation is 1. The second-order valence-corrected chi connectivity index (χ2v) is 5.54. The van der Waals surface area contributed by atoms with E-state index < -0.39 is 0 Å². The van der Waals surface area contributed by atoms with Gasteiger partial charge in [-0.15, -0.1) is 0 Å². The van der Waals surface area contributed by atoms with Crippen LogP contribution >= 0.6 is 11.6 Å². The van der Waals surface area contributed by atoms with Crippen LogP contribution in [0.4, 0.5) is 0 Å². The number of nitrogens with one attached hydrogen (secondary N) is 2. The highest BCUT2D eigenvalue weighted by atomic mass is 35.5. The predicted octanol–water partition coefficient (Wildman–Crippen LogP) is 4.21. The van der Waals surface area contributed by atoms with Crippen molar-refractivity contribution in [2.24, 2.45) is 0 Å². The molecule has 0 atom stereocenters. The van der Waals surface area contributed by atoms with Gasteiger partial charge in [0.2, 0.25) is 0 Å². The fourth-order valence-electron chi connectivity index (χ4n) is 2.42. The number of nitrogens with zero attached hydrogens (tertiary/aromatic N) is 1. The Balaban J connectivity index is 1.98. The smallest absolute Gasteiger partial charge is 0.342 e. The zero-order valence-corrected chi connectivity index (χ0v) is 13.6. The van der Waals surface area contributed by atoms with Crippen molar-refractivity contribution < 1.29 is 9.53 Å². The van der Waals surface area contributed by atoms with Crippen LogP contribution in [-0.2, 0) is 4.74 Å². The molecular formula is C17H16ClN3O2. The molecule has 0 unspecified atom stereocenters. The van der Waals surface area contributed by atoms with Crippen molar-refractivity contribution in [1.29, 1.82) is 0 Å². The summed E-state index contributed by atoms with van der Waals surface area (Å²) in [6, 6.07) is 9.51. The molecule has 2 heterocycles. The summed E-state index contributed by atoms with van der Waals surface area (Å²) in [4.78, 5) is 15.3. The SMILES string of the molecule is CCOC(=O)c1c(-c2cc(-c3ccc(Cl)cc3)c[nH]2)n[nH]c1C. The van der Waals surface area contributed by atoms with Gasteiger partial charge in [-0.05, 0) is 43.2 Å². The lowest BCUT2D eigenvalue weighted by molar-refractivity contribution is 0.0526. The van der Waals surface area contributed by atoms with Crippen LogP contribution in [0.15, 0.2) is 36.5 Å². The molecule has 0 fully saturated rings. The number of benzene rings is 1. The molecule has 3 rings (SSSR count). The maximum atomic E-state index is 12.1. The van der Waals surface area contributed by atoms with Crippen molar-refractivity contribution in [2.45, 2.75) is 13.8 Å². The van der Waals surface area contributed by atoms with Gasteiger partial charge in [0.15, 0.2) is 0 Å². The van der Waals surface area contributed by atoms with E-state index in [9.17, 15) is 4.79 Å². The van der Waals surface area contributed by atoms with E-state index in [4.69, 9.17) is 16.3 Å². The fourth-order valence-corrected chi connectivity index (χ4v) is 2.54. The summed E-state index contributed by atoms with van der Waals surface area (Å²) in [6.07, 6.45) is 1.87. The first kappa shape index (κ1) is 15.4. The molecule has 118 valence electrons. The van der Waals surface area contributed by atoms with Crippen LogP contribution in [0, 0.1) is 6.92 Å². The molecule has 5 nitrogen and oxygen atoms in total. The average molecular weight is 330 g/mol. The lowest BCUT2D eigenvalue weighted by Gasteiger charge is -2.02. The molecular weight excluding hydrogens is 314 g/mol. The Morgan fingerprint density at radius 3 is 2.70 bits per heavy atom. The summed E-state index contributed by atoms with van der Waals surface area (Å²) in [5.41, 5.74) is 4.47. The summed E-state index contributed by atoms with van der Waals surface area (Å²) in [5.74, 6) is -0.378. The number of ether oxygens (including phenoxy) is 1. The monoisotopic (exact) mass is 329 g/mol. The van der Waals surface area contributed by atoms with E-state index in [1.807, 2.05) is 36.5 Å². The maximum Gasteiger partial charge on any atom is 0.342 e. The van der Waals surface area contributed by atoms with E-state index in [2.05, 4.69) is 15.2 Å². The standard InChI is InChI=1S/C17H16ClN3O2/c1-3-23-17(22)15-10(2)20-21-16(15)14-8-12(9-19-14)11-4-6-13(18)7-5-11/h4-9,19H,3H2,1-2H3,(H,20,21). The largest absolute Gasteiger partial charge is 0.462 e. The highest BCUT2D eigenvalue weighted by Gasteiger charge is 2.21. The lowest BCUT2D eigenvalue weighted by atomic mass is 10.1. The zero-order valence-electron chi connectivity index (χ0n) is 12.8. The molecule has 23 heavy (non-hydrogen) atoms. The minimum absolute atomic E-state index is 0.323. The number of hydrogen-bond acceptors (Lipinski definition) is 3. The highest BCUT2D eigenvalue weighted by Crippen LogP contribution is 2.29. The molecule has 3 aromatic rings. The third-order valence-corrected chi connectivity index (χ3v) is 3.79. The molecule has 2 aromatic heterocycles. The van der Waals surface area contributed by atoms with Crippen LogP contribution in [0.3, 0.4) is 0 Å². The summed E-state index contributed by atoms with van der Waals surface area (Å²) < 4.78 is 5.11. The van der Waals surface area contributed by atoms with Gasteiger partial charge in [0.05, 0.1) is 12.3 Å². The number of aromatic amines is 2. The predicted molar refractivity (Wildman–Crippen MR) is 89.5 cm³/mol. The average Bonchev–Trinajstić information content (AvgIpc) is 3.15. The summed E-state index contributed by atoms with van der Waals surface area (Å²) in [6.45, 7) is 3.90. The molecule has 0 aliphatic rings. The molecule has 0 bridgehead atoms. The van der Waals surface area contributed by atoms with Gasteiger partial charge in [0, 0.05) is 16.9 Å². The maximum absolute atomic E-state index is 12.1. The Morgan fingerprint density at radius 2 is 2.00 bits per heavy atom. The minimum Gasteiger partial charge on any atom is -0.462 e. The first-order chi connectivity index (χ1) is 11.1. The molecule has 0 saturated carbocycles. The van der Waals surface area contributed by atoms with E-state index in [0.717, 1.165) is 16.8 Å². The second-order valence-electron chi connectivity index (χ2n) is 5.10. The van der Waals surface area contributed by atoms with Crippen LogP contribution in [0.1, 0.15) is 23.0 Å². The van der Waals surface area contributed by atoms with E-state index in [1.54, 1.807) is 13.8 Å². The van der Waals surface area contributed by atoms with Gasteiger partial charge in [0.25, 0.3) is 0 Å². The van der Waals surface area contributed by atoms with Crippen molar-refractivity contribution >= 4 is 17.6 Å². The number of esters is 1. The van der Waals surface area contributed by atoms with E-state index >= 15 is 0 Å². The normalized spacial score (nSPS) is 10.7. The molecule has 0 radical (unpaired) electrons. The number of carbonyl (C=O) groups is 1. The number of carbonyl (C=O) groups excluding carboxylic acids is 1. The van der Waals surface area contributed by atoms with Crippen molar-refractivity contribution in [3.8, 4) is 22.5 Å². The number of halogens is 1. The summed E-state index contributed by atoms with van der Waals surface area (Å²) in [7, 11) is 0. The van der Waals surface area contributed by atoms with E-state index in [1.165, 1.54) is 0 Å². The van der Waals surface area contributed by atoms with Crippen molar-refractivity contribution in [3.63, 3.8) is 0 Å². The van der Waals surface area contributed by atoms with Crippen molar-refractivity contribution in [3.05, 3.63) is 52.8 Å². The second kappa shape index (κ2) is 6.30. The zero-order chi connectivity index (χ0) is 16.4. The van der Waals surface area contributed by atoms with E-state index in [0.29, 0.717) is 28.6 Å². The molecule has 6 heteroatoms. The molecule has 0 saturated heterocycles. The van der Waals surface area contributed by atoms with Gasteiger partial charge < -0.3 is 9.72 Å². The molecule has 0 aliphatic heterocycles. The van der Waals surface area contributed by atoms with Crippen LogP contribution in [0.2, 0.25) is 5.02 Å². The molecule has 0 spiro atoms. The van der Waals surface area contributed by atoms with Crippen molar-refractivity contribution in [1.82, 2.24) is 15.2 Å². The first-order valence-corrected chi connectivity index (χ1v) is 7.64. The Morgan fingerprint density at radius 1 is 1.26 bits per heavy atom. The molecule has 2 N–H and O–H groups in total. The fraction of sp³-hybridized carbons (Fsp3) is 0.176. The Hall–Kier alpha value is -2.53. The molecule has 0 amide bonds. The number of H-pyrrole nitrogens is 2. The minimum atomic E-state index is -0.378. The van der Waals surface area contributed by atoms with Crippen LogP contribution in [0.5, 0.6) is 0 Å². The summed E-state index contributed by atoms with van der Waals surface area (Å²) >= 11 is 5.91. The van der Waals surface area contributed by atoms with Gasteiger partial charge >= 0.3 is 5.97 Å². The van der Waals surface area contributed by atoms with Gasteiger partial charge in [-0.3, -0.25) is 5.10 Å². The number of hydrogen-bond donors (Lipinski definition) is 2. The number of aromatic nitrogens is 3. The first-order valence-electron chi connectivity index (χ1n) is 7.27. The van der Waals surface area contributed by atoms with E-state index in [-0.39, 0.29) is 5.97 Å². The number of rotatable bonds is 4. The van der Waals surface area contributed by atoms with Gasteiger partial charge in [-0.25, -0.2) is 4.79 Å². The Labute approximate surface area is 138 Å². The Kier molecular flexibility index (Phi) is 4.21. The molecule has 0 aliphatic carbocycles. The quantitative estimate of drug-likeness (QED) is 0.704. The lowest BCUT2D eigenvalue weighted by Crippen LogP contribution is -2.06. The third-order valence-electron chi connectivity index (χ3n) is 3.54. The third kappa shape index (κ3) is 3.00. The highest BCUT2D eigenvalue weighted by molar-refractivity contribution is 6.30. The Bertz CT molecular complexity index is 834. The molecule has 1 aromatic carbocycles. The topological polar surface area (TPSA) is 70.8 Å². The van der Waals surface area contributed by atoms with Crippen molar-refractivity contribution in [2.75, 3.05) is 6.61 Å².